The van der Waals surface area contributed by atoms with Gasteiger partial charge in [-0.25, -0.2) is 8.42 Å². The lowest BCUT2D eigenvalue weighted by atomic mass is 9.95. The molecule has 2 aromatic carbocycles. The van der Waals surface area contributed by atoms with Crippen molar-refractivity contribution in [1.82, 2.24) is 10.2 Å². The molecule has 1 fully saturated rings. The number of fused-ring (bicyclic) bond motifs is 3. The van der Waals surface area contributed by atoms with Crippen molar-refractivity contribution in [2.24, 2.45) is 0 Å². The van der Waals surface area contributed by atoms with E-state index in [-0.39, 0.29) is 17.3 Å². The Morgan fingerprint density at radius 2 is 1.84 bits per heavy atom. The Labute approximate surface area is 184 Å². The fourth-order valence-corrected chi connectivity index (χ4v) is 5.69. The molecule has 2 aromatic rings. The molecule has 0 unspecified atom stereocenters. The number of sulfonamides is 1. The number of anilines is 1. The standard InChI is InChI=1S/C23H29N3O4S/c1-17(2)18-7-8-21-20(15-18)19-5-3-4-6-22(19)31(28,29)26(21)16-23(27)24-9-10-25-11-13-30-14-12-25/h3-8,15,17H,9-14,16H2,1-2H3,(H,24,27). The van der Waals surface area contributed by atoms with Crippen LogP contribution in [0.15, 0.2) is 47.4 Å². The van der Waals surface area contributed by atoms with Crippen LogP contribution < -0.4 is 9.62 Å². The highest BCUT2D eigenvalue weighted by atomic mass is 32.2. The van der Waals surface area contributed by atoms with Crippen molar-refractivity contribution in [2.45, 2.75) is 24.7 Å². The summed E-state index contributed by atoms with van der Waals surface area (Å²) in [6.45, 7) is 8.26. The molecule has 0 bridgehead atoms. The van der Waals surface area contributed by atoms with Gasteiger partial charge in [0.05, 0.1) is 23.8 Å². The number of nitrogens with zero attached hydrogens (tertiary/aromatic N) is 2. The first-order valence-corrected chi connectivity index (χ1v) is 12.1. The molecule has 2 aliphatic rings. The lowest BCUT2D eigenvalue weighted by Crippen LogP contribution is -2.45. The van der Waals surface area contributed by atoms with Crippen LogP contribution in [-0.4, -0.2) is 65.2 Å². The Balaban J connectivity index is 1.56. The van der Waals surface area contributed by atoms with E-state index in [1.165, 1.54) is 4.31 Å². The van der Waals surface area contributed by atoms with E-state index < -0.39 is 10.0 Å². The highest BCUT2D eigenvalue weighted by Crippen LogP contribution is 2.43. The molecule has 2 heterocycles. The number of nitrogens with one attached hydrogen (secondary N) is 1. The Morgan fingerprint density at radius 1 is 1.10 bits per heavy atom. The second kappa shape index (κ2) is 8.98. The number of rotatable bonds is 6. The van der Waals surface area contributed by atoms with Gasteiger partial charge in [0.25, 0.3) is 10.0 Å². The third-order valence-corrected chi connectivity index (χ3v) is 7.66. The topological polar surface area (TPSA) is 79.0 Å². The summed E-state index contributed by atoms with van der Waals surface area (Å²) in [4.78, 5) is 15.1. The number of benzene rings is 2. The molecule has 31 heavy (non-hydrogen) atoms. The SMILES string of the molecule is CC(C)c1ccc2c(c1)-c1ccccc1S(=O)(=O)N2CC(=O)NCCN1CCOCC1. The highest BCUT2D eigenvalue weighted by Gasteiger charge is 2.36. The predicted octanol–water partition coefficient (Wildman–Crippen LogP) is 2.43. The third kappa shape index (κ3) is 4.46. The van der Waals surface area contributed by atoms with Crippen LogP contribution >= 0.6 is 0 Å². The van der Waals surface area contributed by atoms with Gasteiger partial charge in [-0.3, -0.25) is 14.0 Å². The van der Waals surface area contributed by atoms with Crippen molar-refractivity contribution in [3.05, 3.63) is 48.0 Å². The summed E-state index contributed by atoms with van der Waals surface area (Å²) < 4.78 is 33.3. The van der Waals surface area contributed by atoms with Crippen LogP contribution in [0.5, 0.6) is 0 Å². The van der Waals surface area contributed by atoms with Gasteiger partial charge in [-0.1, -0.05) is 38.1 Å². The summed E-state index contributed by atoms with van der Waals surface area (Å²) in [6.07, 6.45) is 0. The van der Waals surface area contributed by atoms with Crippen LogP contribution in [0.3, 0.4) is 0 Å². The average molecular weight is 444 g/mol. The smallest absolute Gasteiger partial charge is 0.265 e. The van der Waals surface area contributed by atoms with Crippen molar-refractivity contribution < 1.29 is 17.9 Å². The maximum absolute atomic E-state index is 13.4. The molecule has 0 radical (unpaired) electrons. The zero-order valence-corrected chi connectivity index (χ0v) is 18.8. The normalized spacial score (nSPS) is 17.8. The third-order valence-electron chi connectivity index (χ3n) is 5.84. The van der Waals surface area contributed by atoms with Crippen molar-refractivity contribution in [1.29, 1.82) is 0 Å². The summed E-state index contributed by atoms with van der Waals surface area (Å²) >= 11 is 0. The molecule has 0 atom stereocenters. The van der Waals surface area contributed by atoms with E-state index >= 15 is 0 Å². The number of hydrogen-bond acceptors (Lipinski definition) is 5. The molecule has 166 valence electrons. The summed E-state index contributed by atoms with van der Waals surface area (Å²) in [6, 6.07) is 12.8. The average Bonchev–Trinajstić information content (AvgIpc) is 2.77. The van der Waals surface area contributed by atoms with E-state index in [1.807, 2.05) is 30.3 Å². The van der Waals surface area contributed by atoms with E-state index in [1.54, 1.807) is 12.1 Å². The maximum Gasteiger partial charge on any atom is 0.265 e. The fourth-order valence-electron chi connectivity index (χ4n) is 4.04. The molecule has 1 amide bonds. The van der Waals surface area contributed by atoms with Crippen LogP contribution in [0.4, 0.5) is 5.69 Å². The van der Waals surface area contributed by atoms with Gasteiger partial charge in [0.2, 0.25) is 5.91 Å². The number of carbonyl (C=O) groups is 1. The second-order valence-electron chi connectivity index (χ2n) is 8.24. The Kier molecular flexibility index (Phi) is 6.31. The maximum atomic E-state index is 13.4. The monoisotopic (exact) mass is 443 g/mol. The van der Waals surface area contributed by atoms with E-state index in [9.17, 15) is 13.2 Å². The lowest BCUT2D eigenvalue weighted by molar-refractivity contribution is -0.119. The highest BCUT2D eigenvalue weighted by molar-refractivity contribution is 7.93. The van der Waals surface area contributed by atoms with E-state index in [0.29, 0.717) is 36.9 Å². The molecular formula is C23H29N3O4S. The van der Waals surface area contributed by atoms with Gasteiger partial charge in [-0.15, -0.1) is 0 Å². The molecule has 0 aromatic heterocycles. The van der Waals surface area contributed by atoms with E-state index in [4.69, 9.17) is 4.74 Å². The number of hydrogen-bond donors (Lipinski definition) is 1. The molecule has 1 N–H and O–H groups in total. The minimum atomic E-state index is -3.82. The zero-order valence-electron chi connectivity index (χ0n) is 18.0. The Bertz CT molecular complexity index is 1060. The van der Waals surface area contributed by atoms with Gasteiger partial charge in [-0.05, 0) is 29.7 Å². The summed E-state index contributed by atoms with van der Waals surface area (Å²) in [7, 11) is -3.82. The summed E-state index contributed by atoms with van der Waals surface area (Å²) in [5, 5.41) is 2.87. The molecular weight excluding hydrogens is 414 g/mol. The molecule has 0 aliphatic carbocycles. The summed E-state index contributed by atoms with van der Waals surface area (Å²) in [5.41, 5.74) is 3.20. The van der Waals surface area contributed by atoms with Gasteiger partial charge in [0, 0.05) is 37.3 Å². The largest absolute Gasteiger partial charge is 0.379 e. The van der Waals surface area contributed by atoms with Gasteiger partial charge in [0.15, 0.2) is 0 Å². The Hall–Kier alpha value is -2.42. The molecule has 0 saturated carbocycles. The molecule has 4 rings (SSSR count). The van der Waals surface area contributed by atoms with Crippen LogP contribution in [0, 0.1) is 0 Å². The van der Waals surface area contributed by atoms with Crippen molar-refractivity contribution in [3.8, 4) is 11.1 Å². The van der Waals surface area contributed by atoms with E-state index in [2.05, 4.69) is 24.1 Å². The number of ether oxygens (including phenoxy) is 1. The van der Waals surface area contributed by atoms with Crippen molar-refractivity contribution in [3.63, 3.8) is 0 Å². The fraction of sp³-hybridized carbons (Fsp3) is 0.435. The first-order valence-electron chi connectivity index (χ1n) is 10.7. The molecule has 7 nitrogen and oxygen atoms in total. The van der Waals surface area contributed by atoms with Gasteiger partial charge >= 0.3 is 0 Å². The lowest BCUT2D eigenvalue weighted by Gasteiger charge is -2.32. The van der Waals surface area contributed by atoms with Crippen molar-refractivity contribution >= 4 is 21.6 Å². The van der Waals surface area contributed by atoms with Crippen LogP contribution in [0.25, 0.3) is 11.1 Å². The van der Waals surface area contributed by atoms with Gasteiger partial charge in [0.1, 0.15) is 6.54 Å². The first-order chi connectivity index (χ1) is 14.9. The molecule has 1 saturated heterocycles. The van der Waals surface area contributed by atoms with Crippen LogP contribution in [-0.2, 0) is 19.6 Å². The number of amides is 1. The minimum Gasteiger partial charge on any atom is -0.379 e. The Morgan fingerprint density at radius 3 is 2.58 bits per heavy atom. The number of morpholine rings is 1. The molecule has 8 heteroatoms. The van der Waals surface area contributed by atoms with Crippen molar-refractivity contribution in [2.75, 3.05) is 50.2 Å². The van der Waals surface area contributed by atoms with Gasteiger partial charge < -0.3 is 10.1 Å². The van der Waals surface area contributed by atoms with Crippen LogP contribution in [0.2, 0.25) is 0 Å². The summed E-state index contributed by atoms with van der Waals surface area (Å²) in [5.74, 6) is 0.00281. The second-order valence-corrected chi connectivity index (χ2v) is 10.1. The quantitative estimate of drug-likeness (QED) is 0.742. The van der Waals surface area contributed by atoms with Gasteiger partial charge in [-0.2, -0.15) is 0 Å². The predicted molar refractivity (Wildman–Crippen MR) is 121 cm³/mol. The minimum absolute atomic E-state index is 0.240. The number of carbonyl (C=O) groups excluding carboxylic acids is 1. The van der Waals surface area contributed by atoms with Crippen LogP contribution in [0.1, 0.15) is 25.3 Å². The molecule has 2 aliphatic heterocycles. The zero-order chi connectivity index (χ0) is 22.0. The molecule has 0 spiro atoms. The van der Waals surface area contributed by atoms with E-state index in [0.717, 1.165) is 30.8 Å². The first kappa shape index (κ1) is 21.8.